The van der Waals surface area contributed by atoms with Gasteiger partial charge in [-0.25, -0.2) is 9.89 Å². The van der Waals surface area contributed by atoms with Gasteiger partial charge in [0.25, 0.3) is 0 Å². The molecule has 1 aliphatic rings. The van der Waals surface area contributed by atoms with Crippen molar-refractivity contribution in [3.05, 3.63) is 40.3 Å². The number of ether oxygens (including phenoxy) is 1. The molecule has 1 saturated heterocycles. The number of rotatable bonds is 8. The number of carbonyl (C=O) groups is 2. The minimum Gasteiger partial charge on any atom is -0.376 e. The van der Waals surface area contributed by atoms with Crippen LogP contribution >= 0.6 is 11.8 Å². The number of hydrogen-bond acceptors (Lipinski definition) is 6. The number of nitrogens with one attached hydrogen (secondary N) is 2. The van der Waals surface area contributed by atoms with Crippen LogP contribution in [0, 0.1) is 6.92 Å². The maximum Gasteiger partial charge on any atom is 0.344 e. The first-order valence-corrected chi connectivity index (χ1v) is 10.4. The zero-order valence-electron chi connectivity index (χ0n) is 16.5. The smallest absolute Gasteiger partial charge is 0.344 e. The lowest BCUT2D eigenvalue weighted by molar-refractivity contribution is -0.131. The molecular weight excluding hydrogens is 394 g/mol. The summed E-state index contributed by atoms with van der Waals surface area (Å²) >= 11 is 1.16. The number of thioether (sulfide) groups is 1. The van der Waals surface area contributed by atoms with Gasteiger partial charge in [-0.3, -0.25) is 14.2 Å². The number of benzene rings is 1. The summed E-state index contributed by atoms with van der Waals surface area (Å²) in [5.41, 5.74) is 1.47. The van der Waals surface area contributed by atoms with E-state index in [0.717, 1.165) is 30.2 Å². The fraction of sp³-hybridized carbons (Fsp3) is 0.474. The van der Waals surface area contributed by atoms with E-state index in [1.807, 2.05) is 31.2 Å². The normalized spacial score (nSPS) is 16.0. The second kappa shape index (κ2) is 9.75. The topological polar surface area (TPSA) is 109 Å². The van der Waals surface area contributed by atoms with E-state index in [9.17, 15) is 14.4 Å². The summed E-state index contributed by atoms with van der Waals surface area (Å²) in [5, 5.41) is 9.62. The molecule has 2 heterocycles. The van der Waals surface area contributed by atoms with E-state index in [2.05, 4.69) is 15.5 Å². The third-order valence-electron chi connectivity index (χ3n) is 4.60. The molecule has 3 rings (SSSR count). The molecule has 0 saturated carbocycles. The second-order valence-electron chi connectivity index (χ2n) is 7.01. The van der Waals surface area contributed by atoms with Crippen LogP contribution in [0.3, 0.4) is 0 Å². The molecule has 0 spiro atoms. The van der Waals surface area contributed by atoms with Crippen LogP contribution in [-0.4, -0.2) is 63.5 Å². The van der Waals surface area contributed by atoms with Gasteiger partial charge in [-0.2, -0.15) is 0 Å². The molecule has 9 nitrogen and oxygen atoms in total. The molecule has 2 amide bonds. The van der Waals surface area contributed by atoms with Gasteiger partial charge in [-0.15, -0.1) is 5.10 Å². The van der Waals surface area contributed by atoms with Gasteiger partial charge in [0.15, 0.2) is 5.16 Å². The number of anilines is 1. The molecule has 0 bridgehead atoms. The summed E-state index contributed by atoms with van der Waals surface area (Å²) < 4.78 is 7.07. The van der Waals surface area contributed by atoms with E-state index in [-0.39, 0.29) is 35.9 Å². The van der Waals surface area contributed by atoms with Crippen molar-refractivity contribution in [1.82, 2.24) is 19.7 Å². The lowest BCUT2D eigenvalue weighted by Crippen LogP contribution is -2.36. The first kappa shape index (κ1) is 21.1. The molecule has 156 valence electrons. The molecule has 2 N–H and O–H groups in total. The van der Waals surface area contributed by atoms with Crippen molar-refractivity contribution in [3.8, 4) is 0 Å². The fourth-order valence-electron chi connectivity index (χ4n) is 2.94. The molecule has 0 aliphatic carbocycles. The van der Waals surface area contributed by atoms with Gasteiger partial charge in [-0.1, -0.05) is 29.5 Å². The Morgan fingerprint density at radius 3 is 2.83 bits per heavy atom. The Morgan fingerprint density at radius 1 is 1.38 bits per heavy atom. The SMILES string of the molecule is Cc1ccc(NC(=O)CN(C)C(=O)CSc2n[nH]c(=O)n2C[C@H]2CCCO2)cc1. The van der Waals surface area contributed by atoms with E-state index < -0.39 is 0 Å². The third kappa shape index (κ3) is 5.94. The zero-order chi connectivity index (χ0) is 20.8. The van der Waals surface area contributed by atoms with Gasteiger partial charge >= 0.3 is 5.69 Å². The predicted octanol–water partition coefficient (Wildman–Crippen LogP) is 1.25. The van der Waals surface area contributed by atoms with Crippen LogP contribution in [0.15, 0.2) is 34.2 Å². The molecule has 0 unspecified atom stereocenters. The summed E-state index contributed by atoms with van der Waals surface area (Å²) in [4.78, 5) is 37.9. The van der Waals surface area contributed by atoms with Crippen molar-refractivity contribution in [2.75, 3.05) is 31.3 Å². The minimum atomic E-state index is -0.318. The summed E-state index contributed by atoms with van der Waals surface area (Å²) in [5.74, 6) is -0.428. The summed E-state index contributed by atoms with van der Waals surface area (Å²) in [6.07, 6.45) is 1.88. The number of amides is 2. The molecule has 1 atom stereocenters. The minimum absolute atomic E-state index is 0.00602. The largest absolute Gasteiger partial charge is 0.376 e. The van der Waals surface area contributed by atoms with Gasteiger partial charge in [0.1, 0.15) is 0 Å². The number of likely N-dealkylation sites (N-methyl/N-ethyl adjacent to an activating group) is 1. The third-order valence-corrected chi connectivity index (χ3v) is 5.56. The number of carbonyl (C=O) groups excluding carboxylic acids is 2. The van der Waals surface area contributed by atoms with Gasteiger partial charge in [0, 0.05) is 19.3 Å². The van der Waals surface area contributed by atoms with Gasteiger partial charge in [0.2, 0.25) is 11.8 Å². The van der Waals surface area contributed by atoms with E-state index in [0.29, 0.717) is 24.0 Å². The maximum atomic E-state index is 12.4. The van der Waals surface area contributed by atoms with E-state index in [4.69, 9.17) is 4.74 Å². The highest BCUT2D eigenvalue weighted by Gasteiger charge is 2.21. The molecule has 1 fully saturated rings. The van der Waals surface area contributed by atoms with Crippen molar-refractivity contribution in [2.24, 2.45) is 0 Å². The number of aryl methyl sites for hydroxylation is 1. The van der Waals surface area contributed by atoms with E-state index >= 15 is 0 Å². The average Bonchev–Trinajstić information content (AvgIpc) is 3.32. The molecule has 1 aliphatic heterocycles. The number of nitrogens with zero attached hydrogens (tertiary/aromatic N) is 3. The lowest BCUT2D eigenvalue weighted by atomic mass is 10.2. The zero-order valence-corrected chi connectivity index (χ0v) is 17.3. The Hall–Kier alpha value is -2.59. The summed E-state index contributed by atoms with van der Waals surface area (Å²) in [6, 6.07) is 7.44. The standard InChI is InChI=1S/C19H25N5O4S/c1-13-5-7-14(8-6-13)20-16(25)11-23(2)17(26)12-29-19-22-21-18(27)24(19)10-15-4-3-9-28-15/h5-8,15H,3-4,9-12H2,1-2H3,(H,20,25)(H,21,27)/t15-/m1/s1. The van der Waals surface area contributed by atoms with Crippen molar-refractivity contribution in [2.45, 2.75) is 37.6 Å². The first-order chi connectivity index (χ1) is 13.9. The molecule has 0 radical (unpaired) electrons. The highest BCUT2D eigenvalue weighted by atomic mass is 32.2. The van der Waals surface area contributed by atoms with Crippen LogP contribution in [0.4, 0.5) is 5.69 Å². The van der Waals surface area contributed by atoms with Gasteiger partial charge in [0.05, 0.1) is 24.9 Å². The molecule has 29 heavy (non-hydrogen) atoms. The Balaban J connectivity index is 1.49. The first-order valence-electron chi connectivity index (χ1n) is 9.42. The quantitative estimate of drug-likeness (QED) is 0.623. The Bertz CT molecular complexity index is 902. The number of H-pyrrole nitrogens is 1. The van der Waals surface area contributed by atoms with Crippen LogP contribution in [-0.2, 0) is 20.9 Å². The van der Waals surface area contributed by atoms with Crippen molar-refractivity contribution >= 4 is 29.3 Å². The molecule has 10 heteroatoms. The van der Waals surface area contributed by atoms with Crippen molar-refractivity contribution in [3.63, 3.8) is 0 Å². The van der Waals surface area contributed by atoms with Crippen LogP contribution < -0.4 is 11.0 Å². The Labute approximate surface area is 172 Å². The maximum absolute atomic E-state index is 12.4. The number of aromatic amines is 1. The highest BCUT2D eigenvalue weighted by molar-refractivity contribution is 7.99. The Morgan fingerprint density at radius 2 is 2.14 bits per heavy atom. The second-order valence-corrected chi connectivity index (χ2v) is 7.95. The van der Waals surface area contributed by atoms with Crippen molar-refractivity contribution in [1.29, 1.82) is 0 Å². The molecule has 1 aromatic carbocycles. The number of aromatic nitrogens is 3. The monoisotopic (exact) mass is 419 g/mol. The molecular formula is C19H25N5O4S. The van der Waals surface area contributed by atoms with Crippen LogP contribution in [0.25, 0.3) is 0 Å². The van der Waals surface area contributed by atoms with E-state index in [1.165, 1.54) is 9.47 Å². The number of hydrogen-bond donors (Lipinski definition) is 2. The lowest BCUT2D eigenvalue weighted by Gasteiger charge is -2.17. The summed E-state index contributed by atoms with van der Waals surface area (Å²) in [6.45, 7) is 3.03. The van der Waals surface area contributed by atoms with Crippen LogP contribution in [0.2, 0.25) is 0 Å². The van der Waals surface area contributed by atoms with Gasteiger partial charge < -0.3 is 15.0 Å². The van der Waals surface area contributed by atoms with Crippen LogP contribution in [0.5, 0.6) is 0 Å². The molecule has 1 aromatic heterocycles. The Kier molecular flexibility index (Phi) is 7.10. The van der Waals surface area contributed by atoms with Crippen molar-refractivity contribution < 1.29 is 14.3 Å². The average molecular weight is 420 g/mol. The van der Waals surface area contributed by atoms with E-state index in [1.54, 1.807) is 7.05 Å². The highest BCUT2D eigenvalue weighted by Crippen LogP contribution is 2.18. The van der Waals surface area contributed by atoms with Crippen LogP contribution in [0.1, 0.15) is 18.4 Å². The predicted molar refractivity (Wildman–Crippen MR) is 110 cm³/mol. The molecule has 2 aromatic rings. The van der Waals surface area contributed by atoms with Gasteiger partial charge in [-0.05, 0) is 31.9 Å². The fourth-order valence-corrected chi connectivity index (χ4v) is 3.84. The summed E-state index contributed by atoms with van der Waals surface area (Å²) in [7, 11) is 1.57.